The number of carbonyl (C=O) groups excluding carboxylic acids is 2. The average molecular weight is 190 g/mol. The van der Waals surface area contributed by atoms with E-state index in [1.165, 1.54) is 7.11 Å². The maximum Gasteiger partial charge on any atom is 0.342 e. The Morgan fingerprint density at radius 3 is 2.31 bits per heavy atom. The third-order valence-electron chi connectivity index (χ3n) is 1.24. The first-order valence-electron chi connectivity index (χ1n) is 4.09. The Balaban J connectivity index is 3.33. The van der Waals surface area contributed by atoms with Gasteiger partial charge in [0.05, 0.1) is 13.7 Å². The van der Waals surface area contributed by atoms with Crippen LogP contribution in [0.5, 0.6) is 0 Å². The lowest BCUT2D eigenvalue weighted by Crippen LogP contribution is -2.07. The van der Waals surface area contributed by atoms with Crippen molar-refractivity contribution >= 4 is 11.9 Å². The lowest BCUT2D eigenvalue weighted by atomic mass is 10.2. The van der Waals surface area contributed by atoms with Crippen molar-refractivity contribution < 1.29 is 24.1 Å². The highest BCUT2D eigenvalue weighted by Gasteiger charge is 2.06. The fourth-order valence-corrected chi connectivity index (χ4v) is 0.745. The summed E-state index contributed by atoms with van der Waals surface area (Å²) in [6, 6.07) is 0. The Kier molecular flexibility index (Phi) is 6.91. The van der Waals surface area contributed by atoms with Gasteiger partial charge >= 0.3 is 11.9 Å². The lowest BCUT2D eigenvalue weighted by Gasteiger charge is -2.00. The van der Waals surface area contributed by atoms with Crippen molar-refractivity contribution in [2.75, 3.05) is 13.7 Å². The molecule has 0 bridgehead atoms. The standard InChI is InChI=1S/C8H14O5/c1-3-12-7(9)5-4-6-8(10)13-11-2/h3-6H2,1-2H3. The van der Waals surface area contributed by atoms with Gasteiger partial charge in [0, 0.05) is 12.8 Å². The minimum absolute atomic E-state index is 0.159. The highest BCUT2D eigenvalue weighted by molar-refractivity contribution is 5.72. The van der Waals surface area contributed by atoms with Gasteiger partial charge in [-0.2, -0.15) is 4.89 Å². The molecule has 0 aromatic carbocycles. The van der Waals surface area contributed by atoms with Gasteiger partial charge in [-0.05, 0) is 13.3 Å². The molecule has 0 heterocycles. The Bertz CT molecular complexity index is 148. The fourth-order valence-electron chi connectivity index (χ4n) is 0.745. The second kappa shape index (κ2) is 7.54. The summed E-state index contributed by atoms with van der Waals surface area (Å²) in [6.07, 6.45) is 0.806. The molecule has 76 valence electrons. The number of esters is 1. The zero-order chi connectivity index (χ0) is 10.1. The van der Waals surface area contributed by atoms with E-state index in [1.807, 2.05) is 0 Å². The molecule has 0 aromatic rings. The smallest absolute Gasteiger partial charge is 0.342 e. The van der Waals surface area contributed by atoms with Gasteiger partial charge in [-0.25, -0.2) is 4.79 Å². The Morgan fingerprint density at radius 1 is 1.15 bits per heavy atom. The Morgan fingerprint density at radius 2 is 1.77 bits per heavy atom. The monoisotopic (exact) mass is 190 g/mol. The van der Waals surface area contributed by atoms with Crippen LogP contribution in [0.1, 0.15) is 26.2 Å². The molecule has 13 heavy (non-hydrogen) atoms. The molecule has 0 spiro atoms. The molecule has 5 heteroatoms. The summed E-state index contributed by atoms with van der Waals surface area (Å²) in [7, 11) is 1.25. The van der Waals surface area contributed by atoms with E-state index in [-0.39, 0.29) is 18.8 Å². The van der Waals surface area contributed by atoms with Crippen molar-refractivity contribution in [3.8, 4) is 0 Å². The number of carbonyl (C=O) groups is 2. The molecule has 0 aliphatic heterocycles. The van der Waals surface area contributed by atoms with Crippen molar-refractivity contribution in [1.29, 1.82) is 0 Å². The minimum Gasteiger partial charge on any atom is -0.466 e. The second-order valence-electron chi connectivity index (χ2n) is 2.28. The minimum atomic E-state index is -0.480. The predicted molar refractivity (Wildman–Crippen MR) is 43.6 cm³/mol. The van der Waals surface area contributed by atoms with Crippen molar-refractivity contribution in [2.45, 2.75) is 26.2 Å². The largest absolute Gasteiger partial charge is 0.466 e. The molecule has 0 saturated carbocycles. The number of ether oxygens (including phenoxy) is 1. The van der Waals surface area contributed by atoms with Gasteiger partial charge in [-0.15, -0.1) is 0 Å². The van der Waals surface area contributed by atoms with Crippen molar-refractivity contribution in [1.82, 2.24) is 0 Å². The molecule has 0 aromatic heterocycles. The molecule has 5 nitrogen and oxygen atoms in total. The van der Waals surface area contributed by atoms with Crippen molar-refractivity contribution in [2.24, 2.45) is 0 Å². The summed E-state index contributed by atoms with van der Waals surface area (Å²) in [4.78, 5) is 29.8. The Hall–Kier alpha value is -1.10. The maximum absolute atomic E-state index is 10.8. The van der Waals surface area contributed by atoms with Crippen LogP contribution in [0.15, 0.2) is 0 Å². The van der Waals surface area contributed by atoms with Gasteiger partial charge in [0.25, 0.3) is 0 Å². The van der Waals surface area contributed by atoms with Gasteiger partial charge in [0.15, 0.2) is 0 Å². The molecule has 0 N–H and O–H groups in total. The summed E-state index contributed by atoms with van der Waals surface area (Å²) >= 11 is 0. The average Bonchev–Trinajstić information content (AvgIpc) is 2.05. The van der Waals surface area contributed by atoms with Gasteiger partial charge in [-0.3, -0.25) is 9.68 Å². The molecular formula is C8H14O5. The molecule has 0 amide bonds. The topological polar surface area (TPSA) is 61.8 Å². The lowest BCUT2D eigenvalue weighted by molar-refractivity contribution is -0.255. The van der Waals surface area contributed by atoms with E-state index in [2.05, 4.69) is 14.5 Å². The Labute approximate surface area is 76.9 Å². The van der Waals surface area contributed by atoms with Crippen LogP contribution in [0.4, 0.5) is 0 Å². The molecule has 0 unspecified atom stereocenters. The van der Waals surface area contributed by atoms with Crippen LogP contribution in [-0.4, -0.2) is 25.7 Å². The first-order chi connectivity index (χ1) is 6.20. The van der Waals surface area contributed by atoms with E-state index in [9.17, 15) is 9.59 Å². The quantitative estimate of drug-likeness (QED) is 0.352. The van der Waals surface area contributed by atoms with E-state index in [4.69, 9.17) is 0 Å². The van der Waals surface area contributed by atoms with E-state index in [0.29, 0.717) is 13.0 Å². The molecular weight excluding hydrogens is 176 g/mol. The first-order valence-corrected chi connectivity index (χ1v) is 4.09. The third-order valence-corrected chi connectivity index (χ3v) is 1.24. The van der Waals surface area contributed by atoms with Crippen LogP contribution in [0.3, 0.4) is 0 Å². The summed E-state index contributed by atoms with van der Waals surface area (Å²) in [6.45, 7) is 2.10. The normalized spacial score (nSPS) is 9.38. The zero-order valence-electron chi connectivity index (χ0n) is 7.87. The summed E-state index contributed by atoms with van der Waals surface area (Å²) < 4.78 is 4.66. The molecule has 0 rings (SSSR count). The third kappa shape index (κ3) is 7.27. The number of hydrogen-bond acceptors (Lipinski definition) is 5. The zero-order valence-corrected chi connectivity index (χ0v) is 7.87. The number of rotatable bonds is 6. The number of hydrogen-bond donors (Lipinski definition) is 0. The van der Waals surface area contributed by atoms with Gasteiger partial charge in [-0.1, -0.05) is 0 Å². The van der Waals surface area contributed by atoms with Gasteiger partial charge in [0.2, 0.25) is 0 Å². The summed E-state index contributed by atoms with van der Waals surface area (Å²) in [5, 5.41) is 0. The molecule has 0 aliphatic rings. The summed E-state index contributed by atoms with van der Waals surface area (Å²) in [5.74, 6) is -0.778. The van der Waals surface area contributed by atoms with Crippen LogP contribution in [0, 0.1) is 0 Å². The van der Waals surface area contributed by atoms with Crippen LogP contribution in [0.25, 0.3) is 0 Å². The maximum atomic E-state index is 10.8. The van der Waals surface area contributed by atoms with E-state index in [1.54, 1.807) is 6.92 Å². The molecule has 0 radical (unpaired) electrons. The van der Waals surface area contributed by atoms with Gasteiger partial charge in [0.1, 0.15) is 0 Å². The van der Waals surface area contributed by atoms with Crippen LogP contribution < -0.4 is 0 Å². The summed E-state index contributed by atoms with van der Waals surface area (Å²) in [5.41, 5.74) is 0. The highest BCUT2D eigenvalue weighted by atomic mass is 17.2. The van der Waals surface area contributed by atoms with Crippen molar-refractivity contribution in [3.63, 3.8) is 0 Å². The fraction of sp³-hybridized carbons (Fsp3) is 0.750. The van der Waals surface area contributed by atoms with Crippen LogP contribution in [0.2, 0.25) is 0 Å². The van der Waals surface area contributed by atoms with Crippen LogP contribution in [-0.2, 0) is 24.1 Å². The van der Waals surface area contributed by atoms with E-state index in [0.717, 1.165) is 0 Å². The van der Waals surface area contributed by atoms with Crippen molar-refractivity contribution in [3.05, 3.63) is 0 Å². The molecule has 0 aliphatic carbocycles. The van der Waals surface area contributed by atoms with Crippen LogP contribution >= 0.6 is 0 Å². The van der Waals surface area contributed by atoms with Gasteiger partial charge < -0.3 is 4.74 Å². The predicted octanol–water partition coefficient (Wildman–Crippen LogP) is 0.824. The first kappa shape index (κ1) is 11.9. The molecule has 0 saturated heterocycles. The molecule has 0 atom stereocenters. The highest BCUT2D eigenvalue weighted by Crippen LogP contribution is 1.99. The molecule has 0 fully saturated rings. The second-order valence-corrected chi connectivity index (χ2v) is 2.28. The van der Waals surface area contributed by atoms with E-state index >= 15 is 0 Å². The van der Waals surface area contributed by atoms with E-state index < -0.39 is 5.97 Å². The SMILES string of the molecule is CCOC(=O)CCCC(=O)OOC.